The normalized spacial score (nSPS) is 15.9. The first-order valence-corrected chi connectivity index (χ1v) is 5.93. The molecule has 0 fully saturated rings. The molecular weight excluding hydrogens is 218 g/mol. The van der Waals surface area contributed by atoms with Crippen molar-refractivity contribution in [2.24, 2.45) is 11.1 Å². The Kier molecular flexibility index (Phi) is 4.65. The summed E-state index contributed by atoms with van der Waals surface area (Å²) in [5, 5.41) is 3.92. The van der Waals surface area contributed by atoms with Crippen LogP contribution in [-0.4, -0.2) is 23.8 Å². The highest BCUT2D eigenvalue weighted by molar-refractivity contribution is 4.98. The summed E-state index contributed by atoms with van der Waals surface area (Å²) in [5.41, 5.74) is 5.96. The van der Waals surface area contributed by atoms with Crippen LogP contribution >= 0.6 is 0 Å². The lowest BCUT2D eigenvalue weighted by molar-refractivity contribution is 0.109. The zero-order valence-corrected chi connectivity index (χ0v) is 11.4. The van der Waals surface area contributed by atoms with Crippen molar-refractivity contribution >= 4 is 0 Å². The molecule has 2 unspecified atom stereocenters. The highest BCUT2D eigenvalue weighted by atomic mass is 16.5. The number of nitrogens with two attached hydrogens (primary N) is 1. The molecule has 0 saturated carbocycles. The average Bonchev–Trinajstić information content (AvgIpc) is 2.72. The Morgan fingerprint density at radius 2 is 2.06 bits per heavy atom. The fourth-order valence-electron chi connectivity index (χ4n) is 1.69. The van der Waals surface area contributed by atoms with Gasteiger partial charge in [0.15, 0.2) is 5.82 Å². The van der Waals surface area contributed by atoms with E-state index in [1.165, 1.54) is 0 Å². The molecule has 0 spiro atoms. The summed E-state index contributed by atoms with van der Waals surface area (Å²) < 4.78 is 10.4. The zero-order chi connectivity index (χ0) is 13.1. The van der Waals surface area contributed by atoms with Crippen molar-refractivity contribution in [2.45, 2.75) is 46.1 Å². The van der Waals surface area contributed by atoms with Crippen molar-refractivity contribution in [1.82, 2.24) is 10.1 Å². The molecule has 2 N–H and O–H groups in total. The summed E-state index contributed by atoms with van der Waals surface area (Å²) in [6.07, 6.45) is 0.771. The molecule has 0 aliphatic carbocycles. The molecule has 5 heteroatoms. The first kappa shape index (κ1) is 14.1. The van der Waals surface area contributed by atoms with E-state index in [0.717, 1.165) is 6.42 Å². The van der Waals surface area contributed by atoms with E-state index in [9.17, 15) is 0 Å². The molecule has 2 atom stereocenters. The van der Waals surface area contributed by atoms with Gasteiger partial charge >= 0.3 is 0 Å². The molecule has 17 heavy (non-hydrogen) atoms. The number of nitrogens with zero attached hydrogens (tertiary/aromatic N) is 2. The van der Waals surface area contributed by atoms with E-state index >= 15 is 0 Å². The lowest BCUT2D eigenvalue weighted by Gasteiger charge is -2.22. The summed E-state index contributed by atoms with van der Waals surface area (Å²) in [6, 6.07) is 0. The molecule has 1 rings (SSSR count). The quantitative estimate of drug-likeness (QED) is 0.855. The van der Waals surface area contributed by atoms with Crippen LogP contribution in [0.3, 0.4) is 0 Å². The van der Waals surface area contributed by atoms with E-state index in [-0.39, 0.29) is 17.4 Å². The molecule has 1 aromatic heterocycles. The lowest BCUT2D eigenvalue weighted by atomic mass is 9.84. The standard InChI is InChI=1S/C12H23N3O2/c1-8(16-5)10-14-11(17-15-10)9(7-13)6-12(2,3)4/h8-9H,6-7,13H2,1-5H3. The van der Waals surface area contributed by atoms with Gasteiger partial charge in [-0.25, -0.2) is 0 Å². The van der Waals surface area contributed by atoms with Gasteiger partial charge in [0.25, 0.3) is 0 Å². The van der Waals surface area contributed by atoms with E-state index in [4.69, 9.17) is 15.0 Å². The number of ether oxygens (including phenoxy) is 1. The molecule has 0 aliphatic heterocycles. The molecule has 0 bridgehead atoms. The van der Waals surface area contributed by atoms with Crippen molar-refractivity contribution in [3.8, 4) is 0 Å². The first-order valence-electron chi connectivity index (χ1n) is 5.93. The molecule has 5 nitrogen and oxygen atoms in total. The second kappa shape index (κ2) is 5.60. The monoisotopic (exact) mass is 241 g/mol. The van der Waals surface area contributed by atoms with Crippen LogP contribution in [0, 0.1) is 5.41 Å². The van der Waals surface area contributed by atoms with Gasteiger partial charge in [-0.15, -0.1) is 0 Å². The second-order valence-corrected chi connectivity index (χ2v) is 5.57. The summed E-state index contributed by atoms with van der Waals surface area (Å²) in [4.78, 5) is 4.35. The van der Waals surface area contributed by atoms with Crippen molar-refractivity contribution in [1.29, 1.82) is 0 Å². The molecule has 0 amide bonds. The third-order valence-corrected chi connectivity index (χ3v) is 2.67. The lowest BCUT2D eigenvalue weighted by Crippen LogP contribution is -2.19. The number of aromatic nitrogens is 2. The fourth-order valence-corrected chi connectivity index (χ4v) is 1.69. The maximum atomic E-state index is 5.77. The Balaban J connectivity index is 2.79. The van der Waals surface area contributed by atoms with Crippen LogP contribution in [-0.2, 0) is 4.74 Å². The minimum atomic E-state index is -0.152. The number of methoxy groups -OCH3 is 1. The zero-order valence-electron chi connectivity index (χ0n) is 11.4. The maximum Gasteiger partial charge on any atom is 0.231 e. The SMILES string of the molecule is COC(C)c1noc(C(CN)CC(C)(C)C)n1. The van der Waals surface area contributed by atoms with Crippen molar-refractivity contribution in [3.63, 3.8) is 0 Å². The topological polar surface area (TPSA) is 74.2 Å². The maximum absolute atomic E-state index is 5.77. The van der Waals surface area contributed by atoms with E-state index < -0.39 is 0 Å². The average molecular weight is 241 g/mol. The summed E-state index contributed by atoms with van der Waals surface area (Å²) in [7, 11) is 1.62. The minimum Gasteiger partial charge on any atom is -0.374 e. The third kappa shape index (κ3) is 4.09. The van der Waals surface area contributed by atoms with Crippen molar-refractivity contribution in [2.75, 3.05) is 13.7 Å². The number of hydrogen-bond acceptors (Lipinski definition) is 5. The van der Waals surface area contributed by atoms with Crippen LogP contribution in [0.1, 0.15) is 57.9 Å². The van der Waals surface area contributed by atoms with Crippen LogP contribution in [0.25, 0.3) is 0 Å². The Labute approximate surface area is 103 Å². The van der Waals surface area contributed by atoms with E-state index in [0.29, 0.717) is 18.3 Å². The van der Waals surface area contributed by atoms with Crippen LogP contribution in [0.2, 0.25) is 0 Å². The molecule has 0 aromatic carbocycles. The van der Waals surface area contributed by atoms with Gasteiger partial charge in [0, 0.05) is 13.7 Å². The Hall–Kier alpha value is -0.940. The summed E-state index contributed by atoms with van der Waals surface area (Å²) in [6.45, 7) is 8.91. The van der Waals surface area contributed by atoms with Crippen LogP contribution in [0.5, 0.6) is 0 Å². The van der Waals surface area contributed by atoms with Crippen molar-refractivity contribution < 1.29 is 9.26 Å². The van der Waals surface area contributed by atoms with Gasteiger partial charge in [0.2, 0.25) is 5.89 Å². The van der Waals surface area contributed by atoms with Gasteiger partial charge in [-0.2, -0.15) is 4.98 Å². The molecular formula is C12H23N3O2. The minimum absolute atomic E-state index is 0.111. The van der Waals surface area contributed by atoms with Gasteiger partial charge in [-0.1, -0.05) is 25.9 Å². The summed E-state index contributed by atoms with van der Waals surface area (Å²) in [5.74, 6) is 1.30. The number of rotatable bonds is 5. The van der Waals surface area contributed by atoms with Crippen LogP contribution < -0.4 is 5.73 Å². The van der Waals surface area contributed by atoms with Crippen LogP contribution in [0.15, 0.2) is 4.52 Å². The first-order chi connectivity index (χ1) is 7.87. The predicted molar refractivity (Wildman–Crippen MR) is 65.6 cm³/mol. The van der Waals surface area contributed by atoms with Gasteiger partial charge in [0.05, 0.1) is 5.92 Å². The Bertz CT molecular complexity index is 344. The second-order valence-electron chi connectivity index (χ2n) is 5.57. The molecule has 1 heterocycles. The molecule has 98 valence electrons. The highest BCUT2D eigenvalue weighted by Crippen LogP contribution is 2.30. The van der Waals surface area contributed by atoms with Gasteiger partial charge in [-0.3, -0.25) is 0 Å². The predicted octanol–water partition coefficient (Wildman–Crippen LogP) is 2.26. The third-order valence-electron chi connectivity index (χ3n) is 2.67. The molecule has 0 saturated heterocycles. The Morgan fingerprint density at radius 1 is 1.41 bits per heavy atom. The van der Waals surface area contributed by atoms with E-state index in [1.807, 2.05) is 6.92 Å². The Morgan fingerprint density at radius 3 is 2.53 bits per heavy atom. The number of hydrogen-bond donors (Lipinski definition) is 1. The van der Waals surface area contributed by atoms with Gasteiger partial charge in [-0.05, 0) is 18.8 Å². The molecule has 0 aliphatic rings. The van der Waals surface area contributed by atoms with Crippen LogP contribution in [0.4, 0.5) is 0 Å². The van der Waals surface area contributed by atoms with E-state index in [1.54, 1.807) is 7.11 Å². The highest BCUT2D eigenvalue weighted by Gasteiger charge is 2.25. The van der Waals surface area contributed by atoms with E-state index in [2.05, 4.69) is 30.9 Å². The fraction of sp³-hybridized carbons (Fsp3) is 0.833. The molecule has 1 aromatic rings. The molecule has 0 radical (unpaired) electrons. The van der Waals surface area contributed by atoms with Crippen molar-refractivity contribution in [3.05, 3.63) is 11.7 Å². The van der Waals surface area contributed by atoms with Gasteiger partial charge in [0.1, 0.15) is 6.10 Å². The smallest absolute Gasteiger partial charge is 0.231 e. The van der Waals surface area contributed by atoms with Gasteiger partial charge < -0.3 is 15.0 Å². The summed E-state index contributed by atoms with van der Waals surface area (Å²) >= 11 is 0. The largest absolute Gasteiger partial charge is 0.374 e.